The molecule has 0 aliphatic rings. The molecule has 21 heavy (non-hydrogen) atoms. The fraction of sp³-hybridized carbons (Fsp3) is 0.0667. The number of aromatic nitrogens is 2. The zero-order valence-electron chi connectivity index (χ0n) is 10.6. The first-order valence-corrected chi connectivity index (χ1v) is 8.55. The molecule has 2 nitrogen and oxygen atoms in total. The van der Waals surface area contributed by atoms with Crippen molar-refractivity contribution in [3.8, 4) is 10.6 Å². The Kier molecular flexibility index (Phi) is 4.60. The number of benzene rings is 2. The van der Waals surface area contributed by atoms with Crippen molar-refractivity contribution in [1.29, 1.82) is 0 Å². The van der Waals surface area contributed by atoms with Crippen LogP contribution in [-0.4, -0.2) is 10.2 Å². The van der Waals surface area contributed by atoms with Gasteiger partial charge >= 0.3 is 0 Å². The smallest absolute Gasteiger partial charge is 0.141 e. The van der Waals surface area contributed by atoms with E-state index in [1.54, 1.807) is 0 Å². The Balaban J connectivity index is 1.93. The fourth-order valence-electron chi connectivity index (χ4n) is 1.87. The van der Waals surface area contributed by atoms with E-state index in [1.165, 1.54) is 11.3 Å². The third-order valence-corrected chi connectivity index (χ3v) is 5.41. The molecule has 1 atom stereocenters. The van der Waals surface area contributed by atoms with Crippen molar-refractivity contribution in [2.45, 2.75) is 5.38 Å². The highest BCUT2D eigenvalue weighted by Crippen LogP contribution is 2.37. The average Bonchev–Trinajstić information content (AvgIpc) is 2.97. The summed E-state index contributed by atoms with van der Waals surface area (Å²) in [5, 5.41) is 10.4. The van der Waals surface area contributed by atoms with Crippen LogP contribution in [0.4, 0.5) is 0 Å². The van der Waals surface area contributed by atoms with Crippen molar-refractivity contribution < 1.29 is 0 Å². The Morgan fingerprint density at radius 1 is 1.05 bits per heavy atom. The first kappa shape index (κ1) is 15.0. The van der Waals surface area contributed by atoms with E-state index in [0.29, 0.717) is 5.02 Å². The largest absolute Gasteiger partial charge is 0.149 e. The minimum absolute atomic E-state index is 0.288. The molecule has 0 amide bonds. The van der Waals surface area contributed by atoms with Crippen LogP contribution in [0.5, 0.6) is 0 Å². The quantitative estimate of drug-likeness (QED) is 0.508. The van der Waals surface area contributed by atoms with E-state index in [-0.39, 0.29) is 5.38 Å². The standard InChI is InChI=1S/C15H9BrCl2N2S/c16-12-8-10(17)6-7-11(12)14-19-20-15(21-14)13(18)9-4-2-1-3-5-9/h1-8,13H. The van der Waals surface area contributed by atoms with Crippen LogP contribution in [0.1, 0.15) is 15.9 Å². The van der Waals surface area contributed by atoms with Crippen LogP contribution >= 0.6 is 50.5 Å². The SMILES string of the molecule is Clc1ccc(-c2nnc(C(Cl)c3ccccc3)s2)c(Br)c1. The highest BCUT2D eigenvalue weighted by molar-refractivity contribution is 9.10. The molecule has 106 valence electrons. The Bertz CT molecular complexity index is 761. The number of rotatable bonds is 3. The molecule has 0 bridgehead atoms. The van der Waals surface area contributed by atoms with Crippen LogP contribution < -0.4 is 0 Å². The molecule has 6 heteroatoms. The van der Waals surface area contributed by atoms with Crippen LogP contribution in [0.3, 0.4) is 0 Å². The summed E-state index contributed by atoms with van der Waals surface area (Å²) in [5.74, 6) is 0. The molecule has 0 saturated heterocycles. The summed E-state index contributed by atoms with van der Waals surface area (Å²) < 4.78 is 0.892. The van der Waals surface area contributed by atoms with Crippen LogP contribution in [-0.2, 0) is 0 Å². The second-order valence-electron chi connectivity index (χ2n) is 4.34. The van der Waals surface area contributed by atoms with Crippen molar-refractivity contribution in [3.05, 3.63) is 68.6 Å². The number of alkyl halides is 1. The molecule has 0 fully saturated rings. The Labute approximate surface area is 144 Å². The molecular formula is C15H9BrCl2N2S. The van der Waals surface area contributed by atoms with Gasteiger partial charge in [-0.05, 0) is 23.8 Å². The molecule has 2 aromatic carbocycles. The lowest BCUT2D eigenvalue weighted by molar-refractivity contribution is 0.988. The van der Waals surface area contributed by atoms with Gasteiger partial charge in [-0.2, -0.15) is 0 Å². The van der Waals surface area contributed by atoms with Crippen molar-refractivity contribution in [1.82, 2.24) is 10.2 Å². The van der Waals surface area contributed by atoms with Crippen LogP contribution in [0.2, 0.25) is 5.02 Å². The molecular weight excluding hydrogens is 391 g/mol. The summed E-state index contributed by atoms with van der Waals surface area (Å²) in [6.45, 7) is 0. The van der Waals surface area contributed by atoms with E-state index in [2.05, 4.69) is 26.1 Å². The predicted molar refractivity (Wildman–Crippen MR) is 92.2 cm³/mol. The van der Waals surface area contributed by atoms with Gasteiger partial charge < -0.3 is 0 Å². The maximum Gasteiger partial charge on any atom is 0.149 e. The average molecular weight is 400 g/mol. The molecule has 0 N–H and O–H groups in total. The summed E-state index contributed by atoms with van der Waals surface area (Å²) in [4.78, 5) is 0. The summed E-state index contributed by atoms with van der Waals surface area (Å²) in [6, 6.07) is 15.4. The van der Waals surface area contributed by atoms with E-state index in [4.69, 9.17) is 23.2 Å². The van der Waals surface area contributed by atoms with Crippen molar-refractivity contribution >= 4 is 50.5 Å². The van der Waals surface area contributed by atoms with Crippen molar-refractivity contribution in [2.24, 2.45) is 0 Å². The van der Waals surface area contributed by atoms with Gasteiger partial charge in [-0.1, -0.05) is 69.2 Å². The van der Waals surface area contributed by atoms with Gasteiger partial charge in [0, 0.05) is 15.1 Å². The van der Waals surface area contributed by atoms with Crippen molar-refractivity contribution in [2.75, 3.05) is 0 Å². The highest BCUT2D eigenvalue weighted by Gasteiger charge is 2.17. The monoisotopic (exact) mass is 398 g/mol. The number of hydrogen-bond donors (Lipinski definition) is 0. The number of nitrogens with zero attached hydrogens (tertiary/aromatic N) is 2. The number of halogens is 3. The van der Waals surface area contributed by atoms with Gasteiger partial charge in [-0.3, -0.25) is 0 Å². The molecule has 0 spiro atoms. The summed E-state index contributed by atoms with van der Waals surface area (Å²) in [7, 11) is 0. The van der Waals surface area contributed by atoms with Crippen molar-refractivity contribution in [3.63, 3.8) is 0 Å². The molecule has 1 heterocycles. The van der Waals surface area contributed by atoms with Crippen LogP contribution in [0, 0.1) is 0 Å². The fourth-order valence-corrected chi connectivity index (χ4v) is 4.09. The molecule has 0 aliphatic carbocycles. The van der Waals surface area contributed by atoms with E-state index in [0.717, 1.165) is 25.6 Å². The van der Waals surface area contributed by atoms with E-state index < -0.39 is 0 Å². The Morgan fingerprint density at radius 3 is 2.52 bits per heavy atom. The second-order valence-corrected chi connectivity index (χ2v) is 7.08. The Morgan fingerprint density at radius 2 is 1.81 bits per heavy atom. The maximum absolute atomic E-state index is 6.47. The zero-order valence-corrected chi connectivity index (χ0v) is 14.5. The lowest BCUT2D eigenvalue weighted by atomic mass is 10.1. The van der Waals surface area contributed by atoms with Gasteiger partial charge in [-0.15, -0.1) is 21.8 Å². The third kappa shape index (κ3) is 3.29. The summed E-state index contributed by atoms with van der Waals surface area (Å²) in [5.41, 5.74) is 1.97. The van der Waals surface area contributed by atoms with E-state index >= 15 is 0 Å². The maximum atomic E-state index is 6.47. The summed E-state index contributed by atoms with van der Waals surface area (Å²) in [6.07, 6.45) is 0. The van der Waals surface area contributed by atoms with E-state index in [1.807, 2.05) is 48.5 Å². The van der Waals surface area contributed by atoms with Gasteiger partial charge in [0.1, 0.15) is 15.4 Å². The normalized spacial score (nSPS) is 12.3. The summed E-state index contributed by atoms with van der Waals surface area (Å²) >= 11 is 17.4. The van der Waals surface area contributed by atoms with Gasteiger partial charge in [-0.25, -0.2) is 0 Å². The van der Waals surface area contributed by atoms with Crippen LogP contribution in [0.15, 0.2) is 53.0 Å². The topological polar surface area (TPSA) is 25.8 Å². The molecule has 1 unspecified atom stereocenters. The Hall–Kier alpha value is -0.940. The first-order valence-electron chi connectivity index (χ1n) is 6.13. The van der Waals surface area contributed by atoms with Gasteiger partial charge in [0.2, 0.25) is 0 Å². The molecule has 1 aromatic heterocycles. The minimum Gasteiger partial charge on any atom is -0.141 e. The lowest BCUT2D eigenvalue weighted by Gasteiger charge is -2.04. The number of hydrogen-bond acceptors (Lipinski definition) is 3. The first-order chi connectivity index (χ1) is 10.1. The van der Waals surface area contributed by atoms with Gasteiger partial charge in [0.25, 0.3) is 0 Å². The van der Waals surface area contributed by atoms with Crippen LogP contribution in [0.25, 0.3) is 10.6 Å². The molecule has 3 aromatic rings. The molecule has 3 rings (SSSR count). The predicted octanol–water partition coefficient (Wildman–Crippen LogP) is 5.95. The highest BCUT2D eigenvalue weighted by atomic mass is 79.9. The minimum atomic E-state index is -0.288. The lowest BCUT2D eigenvalue weighted by Crippen LogP contribution is -1.91. The molecule has 0 aliphatic heterocycles. The second kappa shape index (κ2) is 6.44. The molecule has 0 radical (unpaired) electrons. The molecule has 0 saturated carbocycles. The van der Waals surface area contributed by atoms with Gasteiger partial charge in [0.15, 0.2) is 0 Å². The third-order valence-electron chi connectivity index (χ3n) is 2.91. The van der Waals surface area contributed by atoms with Gasteiger partial charge in [0.05, 0.1) is 0 Å². The van der Waals surface area contributed by atoms with E-state index in [9.17, 15) is 0 Å². The zero-order chi connectivity index (χ0) is 14.8.